The highest BCUT2D eigenvalue weighted by molar-refractivity contribution is 9.08. The maximum atomic E-state index is 12.2. The molecule has 1 aromatic carbocycles. The minimum absolute atomic E-state index is 0.0519. The molecule has 1 saturated carbocycles. The molecule has 0 radical (unpaired) electrons. The van der Waals surface area contributed by atoms with E-state index in [0.29, 0.717) is 6.04 Å². The van der Waals surface area contributed by atoms with Gasteiger partial charge in [-0.25, -0.2) is 0 Å². The van der Waals surface area contributed by atoms with Crippen LogP contribution >= 0.6 is 15.9 Å². The van der Waals surface area contributed by atoms with Crippen LogP contribution in [-0.2, 0) is 5.33 Å². The third-order valence-electron chi connectivity index (χ3n) is 3.93. The summed E-state index contributed by atoms with van der Waals surface area (Å²) >= 11 is 3.40. The van der Waals surface area contributed by atoms with E-state index >= 15 is 0 Å². The number of amides is 1. The first-order valence-electron chi connectivity index (χ1n) is 6.49. The fourth-order valence-corrected chi connectivity index (χ4v) is 2.95. The third kappa shape index (κ3) is 2.94. The lowest BCUT2D eigenvalue weighted by molar-refractivity contribution is 0.0910. The summed E-state index contributed by atoms with van der Waals surface area (Å²) in [6, 6.07) is 8.08. The van der Waals surface area contributed by atoms with Gasteiger partial charge in [0.05, 0.1) is 0 Å². The van der Waals surface area contributed by atoms with Crippen molar-refractivity contribution in [2.75, 3.05) is 0 Å². The Bertz CT molecular complexity index is 425. The van der Waals surface area contributed by atoms with Gasteiger partial charge in [0.1, 0.15) is 0 Å². The number of rotatable bonds is 3. The molecule has 0 bridgehead atoms. The van der Waals surface area contributed by atoms with E-state index in [4.69, 9.17) is 0 Å². The van der Waals surface area contributed by atoms with E-state index in [1.54, 1.807) is 0 Å². The molecule has 1 atom stereocenters. The SMILES string of the molecule is CC1(C)CCCC1NC(=O)c1ccc(CBr)cc1. The monoisotopic (exact) mass is 309 g/mol. The lowest BCUT2D eigenvalue weighted by Gasteiger charge is -2.27. The Morgan fingerprint density at radius 1 is 1.39 bits per heavy atom. The van der Waals surface area contributed by atoms with Crippen LogP contribution in [0.3, 0.4) is 0 Å². The van der Waals surface area contributed by atoms with Gasteiger partial charge in [-0.15, -0.1) is 0 Å². The van der Waals surface area contributed by atoms with Crippen molar-refractivity contribution in [1.29, 1.82) is 0 Å². The van der Waals surface area contributed by atoms with Crippen LogP contribution in [0.1, 0.15) is 49.0 Å². The second kappa shape index (κ2) is 5.43. The molecule has 1 aliphatic carbocycles. The second-order valence-corrected chi connectivity index (χ2v) is 6.30. The lowest BCUT2D eigenvalue weighted by Crippen LogP contribution is -2.41. The minimum Gasteiger partial charge on any atom is -0.349 e. The zero-order chi connectivity index (χ0) is 13.2. The van der Waals surface area contributed by atoms with E-state index in [1.807, 2.05) is 24.3 Å². The highest BCUT2D eigenvalue weighted by Gasteiger charge is 2.35. The molecule has 1 amide bonds. The van der Waals surface area contributed by atoms with Crippen molar-refractivity contribution in [3.8, 4) is 0 Å². The predicted molar refractivity (Wildman–Crippen MR) is 78.0 cm³/mol. The van der Waals surface area contributed by atoms with Gasteiger partial charge in [0, 0.05) is 16.9 Å². The standard InChI is InChI=1S/C15H20BrNO/c1-15(2)9-3-4-13(15)17-14(18)12-7-5-11(10-16)6-8-12/h5-8,13H,3-4,9-10H2,1-2H3,(H,17,18). The van der Waals surface area contributed by atoms with Crippen LogP contribution in [0, 0.1) is 5.41 Å². The number of hydrogen-bond donors (Lipinski definition) is 1. The van der Waals surface area contributed by atoms with E-state index in [0.717, 1.165) is 17.3 Å². The average Bonchev–Trinajstić information content (AvgIpc) is 2.69. The summed E-state index contributed by atoms with van der Waals surface area (Å²) < 4.78 is 0. The number of alkyl halides is 1. The first-order chi connectivity index (χ1) is 8.53. The maximum Gasteiger partial charge on any atom is 0.251 e. The summed E-state index contributed by atoms with van der Waals surface area (Å²) in [6.45, 7) is 4.47. The van der Waals surface area contributed by atoms with E-state index in [-0.39, 0.29) is 11.3 Å². The lowest BCUT2D eigenvalue weighted by atomic mass is 9.87. The van der Waals surface area contributed by atoms with Crippen LogP contribution in [0.15, 0.2) is 24.3 Å². The number of nitrogens with one attached hydrogen (secondary N) is 1. The molecule has 18 heavy (non-hydrogen) atoms. The predicted octanol–water partition coefficient (Wildman–Crippen LogP) is 3.89. The van der Waals surface area contributed by atoms with Gasteiger partial charge >= 0.3 is 0 Å². The molecule has 0 heterocycles. The molecule has 0 saturated heterocycles. The van der Waals surface area contributed by atoms with Gasteiger partial charge in [-0.2, -0.15) is 0 Å². The molecule has 1 aliphatic rings. The summed E-state index contributed by atoms with van der Waals surface area (Å²) in [5.74, 6) is 0.0519. The highest BCUT2D eigenvalue weighted by atomic mass is 79.9. The molecule has 2 rings (SSSR count). The Labute approximate surface area is 117 Å². The van der Waals surface area contributed by atoms with Crippen molar-refractivity contribution in [3.05, 3.63) is 35.4 Å². The molecule has 0 aromatic heterocycles. The number of carbonyl (C=O) groups excluding carboxylic acids is 1. The molecular formula is C15H20BrNO. The minimum atomic E-state index is 0.0519. The third-order valence-corrected chi connectivity index (χ3v) is 4.58. The van der Waals surface area contributed by atoms with Crippen molar-refractivity contribution < 1.29 is 4.79 Å². The number of carbonyl (C=O) groups is 1. The summed E-state index contributed by atoms with van der Waals surface area (Å²) in [5.41, 5.74) is 2.17. The summed E-state index contributed by atoms with van der Waals surface area (Å²) in [6.07, 6.45) is 3.50. The van der Waals surface area contributed by atoms with Gasteiger partial charge in [-0.05, 0) is 36.0 Å². The van der Waals surface area contributed by atoms with Crippen LogP contribution in [0.2, 0.25) is 0 Å². The molecule has 98 valence electrons. The van der Waals surface area contributed by atoms with Gasteiger partial charge in [0.2, 0.25) is 0 Å². The van der Waals surface area contributed by atoms with E-state index in [1.165, 1.54) is 18.4 Å². The second-order valence-electron chi connectivity index (χ2n) is 5.74. The first-order valence-corrected chi connectivity index (χ1v) is 7.61. The number of benzene rings is 1. The summed E-state index contributed by atoms with van der Waals surface area (Å²) in [5, 5.41) is 4.00. The highest BCUT2D eigenvalue weighted by Crippen LogP contribution is 2.37. The summed E-state index contributed by atoms with van der Waals surface area (Å²) in [7, 11) is 0. The molecule has 0 spiro atoms. The van der Waals surface area contributed by atoms with Crippen molar-refractivity contribution >= 4 is 21.8 Å². The Morgan fingerprint density at radius 3 is 2.56 bits per heavy atom. The van der Waals surface area contributed by atoms with Crippen LogP contribution in [0.4, 0.5) is 0 Å². The fraction of sp³-hybridized carbons (Fsp3) is 0.533. The smallest absolute Gasteiger partial charge is 0.251 e. The first kappa shape index (κ1) is 13.6. The van der Waals surface area contributed by atoms with Gasteiger partial charge in [0.15, 0.2) is 0 Å². The van der Waals surface area contributed by atoms with E-state index in [9.17, 15) is 4.79 Å². The van der Waals surface area contributed by atoms with Crippen molar-refractivity contribution in [1.82, 2.24) is 5.32 Å². The topological polar surface area (TPSA) is 29.1 Å². The van der Waals surface area contributed by atoms with Crippen LogP contribution < -0.4 is 5.32 Å². The van der Waals surface area contributed by atoms with Crippen molar-refractivity contribution in [3.63, 3.8) is 0 Å². The Hall–Kier alpha value is -0.830. The molecular weight excluding hydrogens is 290 g/mol. The van der Waals surface area contributed by atoms with Crippen molar-refractivity contribution in [2.24, 2.45) is 5.41 Å². The Kier molecular flexibility index (Phi) is 4.10. The molecule has 1 unspecified atom stereocenters. The molecule has 1 N–H and O–H groups in total. The summed E-state index contributed by atoms with van der Waals surface area (Å²) in [4.78, 5) is 12.2. The fourth-order valence-electron chi connectivity index (χ4n) is 2.58. The van der Waals surface area contributed by atoms with Crippen LogP contribution in [0.5, 0.6) is 0 Å². The van der Waals surface area contributed by atoms with Gasteiger partial charge < -0.3 is 5.32 Å². The maximum absolute atomic E-state index is 12.2. The average molecular weight is 310 g/mol. The van der Waals surface area contributed by atoms with Crippen molar-refractivity contribution in [2.45, 2.75) is 44.5 Å². The van der Waals surface area contributed by atoms with E-state index in [2.05, 4.69) is 35.1 Å². The molecule has 1 fully saturated rings. The zero-order valence-corrected chi connectivity index (χ0v) is 12.6. The quantitative estimate of drug-likeness (QED) is 0.843. The Balaban J connectivity index is 2.03. The van der Waals surface area contributed by atoms with Crippen LogP contribution in [-0.4, -0.2) is 11.9 Å². The van der Waals surface area contributed by atoms with Gasteiger partial charge in [0.25, 0.3) is 5.91 Å². The van der Waals surface area contributed by atoms with E-state index < -0.39 is 0 Å². The molecule has 1 aromatic rings. The van der Waals surface area contributed by atoms with Gasteiger partial charge in [-0.3, -0.25) is 4.79 Å². The molecule has 3 heteroatoms. The zero-order valence-electron chi connectivity index (χ0n) is 11.0. The molecule has 2 nitrogen and oxygen atoms in total. The largest absolute Gasteiger partial charge is 0.349 e. The number of halogens is 1. The normalized spacial score (nSPS) is 21.8. The Morgan fingerprint density at radius 2 is 2.06 bits per heavy atom. The van der Waals surface area contributed by atoms with Crippen LogP contribution in [0.25, 0.3) is 0 Å². The van der Waals surface area contributed by atoms with Gasteiger partial charge in [-0.1, -0.05) is 48.3 Å². The molecule has 0 aliphatic heterocycles. The number of hydrogen-bond acceptors (Lipinski definition) is 1.